The zero-order valence-electron chi connectivity index (χ0n) is 9.83. The van der Waals surface area contributed by atoms with Gasteiger partial charge in [0.05, 0.1) is 5.69 Å². The van der Waals surface area contributed by atoms with Gasteiger partial charge >= 0.3 is 0 Å². The van der Waals surface area contributed by atoms with E-state index in [1.807, 2.05) is 0 Å². The molecule has 1 aromatic rings. The summed E-state index contributed by atoms with van der Waals surface area (Å²) in [5, 5.41) is 4.06. The van der Waals surface area contributed by atoms with Crippen LogP contribution < -0.4 is 0 Å². The molecule has 0 atom stereocenters. The minimum absolute atomic E-state index is 0.0930. The third kappa shape index (κ3) is 3.09. The van der Waals surface area contributed by atoms with Gasteiger partial charge in [0.1, 0.15) is 4.88 Å². The van der Waals surface area contributed by atoms with Crippen LogP contribution in [-0.4, -0.2) is 15.4 Å². The van der Waals surface area contributed by atoms with Gasteiger partial charge in [-0.1, -0.05) is 38.6 Å². The van der Waals surface area contributed by atoms with E-state index < -0.39 is 0 Å². The van der Waals surface area contributed by atoms with Crippen molar-refractivity contribution >= 4 is 17.3 Å². The van der Waals surface area contributed by atoms with E-state index in [0.717, 1.165) is 23.4 Å². The fraction of sp³-hybridized carbons (Fsp3) is 0.727. The maximum Gasteiger partial charge on any atom is 0.176 e. The van der Waals surface area contributed by atoms with Crippen LogP contribution in [0.1, 0.15) is 62.3 Å². The molecule has 0 spiro atoms. The molecule has 15 heavy (non-hydrogen) atoms. The lowest BCUT2D eigenvalue weighted by Crippen LogP contribution is -2.16. The average molecular weight is 226 g/mol. The molecule has 4 heteroatoms. The Morgan fingerprint density at radius 2 is 2.07 bits per heavy atom. The Kier molecular flexibility index (Phi) is 3.97. The van der Waals surface area contributed by atoms with E-state index in [1.165, 1.54) is 11.5 Å². The molecule has 0 radical (unpaired) electrons. The number of hydrogen-bond donors (Lipinski definition) is 0. The second-order valence-corrected chi connectivity index (χ2v) is 5.48. The lowest BCUT2D eigenvalue weighted by Gasteiger charge is -2.15. The summed E-state index contributed by atoms with van der Waals surface area (Å²) in [5.41, 5.74) is 0.748. The van der Waals surface area contributed by atoms with Crippen LogP contribution >= 0.6 is 11.5 Å². The van der Waals surface area contributed by atoms with Gasteiger partial charge in [-0.2, -0.15) is 0 Å². The molecule has 0 saturated carbocycles. The number of nitrogens with zero attached hydrogens (tertiary/aromatic N) is 2. The smallest absolute Gasteiger partial charge is 0.176 e. The second kappa shape index (κ2) is 4.84. The molecule has 0 saturated heterocycles. The van der Waals surface area contributed by atoms with Crippen molar-refractivity contribution in [3.63, 3.8) is 0 Å². The first-order valence-electron chi connectivity index (χ1n) is 5.33. The van der Waals surface area contributed by atoms with E-state index in [-0.39, 0.29) is 11.2 Å². The highest BCUT2D eigenvalue weighted by Gasteiger charge is 2.25. The monoisotopic (exact) mass is 226 g/mol. The Labute approximate surface area is 95.1 Å². The molecule has 0 unspecified atom stereocenters. The van der Waals surface area contributed by atoms with Crippen LogP contribution in [0.3, 0.4) is 0 Å². The summed E-state index contributed by atoms with van der Waals surface area (Å²) in [6.45, 7) is 8.25. The highest BCUT2D eigenvalue weighted by Crippen LogP contribution is 2.26. The molecule has 1 rings (SSSR count). The number of rotatable bonds is 4. The summed E-state index contributed by atoms with van der Waals surface area (Å²) in [4.78, 5) is 12.6. The predicted molar refractivity (Wildman–Crippen MR) is 62.5 cm³/mol. The third-order valence-corrected chi connectivity index (χ3v) is 2.98. The maximum atomic E-state index is 11.9. The third-order valence-electron chi connectivity index (χ3n) is 2.21. The highest BCUT2D eigenvalue weighted by atomic mass is 32.1. The summed E-state index contributed by atoms with van der Waals surface area (Å²) in [6, 6.07) is 0. The van der Waals surface area contributed by atoms with Crippen molar-refractivity contribution in [3.05, 3.63) is 10.6 Å². The number of ketones is 1. The molecule has 0 fully saturated rings. The van der Waals surface area contributed by atoms with E-state index in [4.69, 9.17) is 0 Å². The Hall–Kier alpha value is -0.770. The van der Waals surface area contributed by atoms with Crippen molar-refractivity contribution in [1.82, 2.24) is 9.59 Å². The van der Waals surface area contributed by atoms with Crippen LogP contribution in [-0.2, 0) is 5.41 Å². The molecular formula is C11H18N2OS. The van der Waals surface area contributed by atoms with Crippen LogP contribution in [0.15, 0.2) is 0 Å². The van der Waals surface area contributed by atoms with Gasteiger partial charge in [-0.25, -0.2) is 0 Å². The van der Waals surface area contributed by atoms with Crippen LogP contribution in [0.5, 0.6) is 0 Å². The Balaban J connectivity index is 2.86. The lowest BCUT2D eigenvalue weighted by molar-refractivity contribution is 0.0981. The Morgan fingerprint density at radius 3 is 2.60 bits per heavy atom. The maximum absolute atomic E-state index is 11.9. The SMILES string of the molecule is CCCCC(=O)c1snnc1C(C)(C)C. The fourth-order valence-electron chi connectivity index (χ4n) is 1.32. The zero-order chi connectivity index (χ0) is 11.5. The summed E-state index contributed by atoms with van der Waals surface area (Å²) < 4.78 is 3.89. The van der Waals surface area contributed by atoms with E-state index in [1.54, 1.807) is 0 Å². The number of Topliss-reactive ketones (excluding diaryl/α,β-unsaturated/α-hetero) is 1. The summed E-state index contributed by atoms with van der Waals surface area (Å²) in [7, 11) is 0. The van der Waals surface area contributed by atoms with Gasteiger partial charge in [0.25, 0.3) is 0 Å². The van der Waals surface area contributed by atoms with Crippen molar-refractivity contribution in [2.45, 2.75) is 52.4 Å². The molecular weight excluding hydrogens is 208 g/mol. The van der Waals surface area contributed by atoms with Gasteiger partial charge in [0.15, 0.2) is 5.78 Å². The molecule has 0 aliphatic rings. The first-order chi connectivity index (χ1) is 6.96. The number of carbonyl (C=O) groups is 1. The molecule has 84 valence electrons. The van der Waals surface area contributed by atoms with Crippen molar-refractivity contribution in [2.24, 2.45) is 0 Å². The summed E-state index contributed by atoms with van der Waals surface area (Å²) in [5.74, 6) is 0.191. The number of hydrogen-bond acceptors (Lipinski definition) is 4. The van der Waals surface area contributed by atoms with Crippen LogP contribution in [0, 0.1) is 0 Å². The van der Waals surface area contributed by atoms with Gasteiger partial charge in [-0.3, -0.25) is 4.79 Å². The van der Waals surface area contributed by atoms with Crippen LogP contribution in [0.25, 0.3) is 0 Å². The molecule has 0 aromatic carbocycles. The van der Waals surface area contributed by atoms with Gasteiger partial charge in [-0.05, 0) is 18.0 Å². The standard InChI is InChI=1S/C11H18N2OS/c1-5-6-7-8(14)9-10(11(2,3)4)12-13-15-9/h5-7H2,1-4H3. The lowest BCUT2D eigenvalue weighted by atomic mass is 9.90. The molecule has 0 N–H and O–H groups in total. The number of carbonyl (C=O) groups excluding carboxylic acids is 1. The minimum atomic E-state index is -0.0930. The zero-order valence-corrected chi connectivity index (χ0v) is 10.6. The average Bonchev–Trinajstić information content (AvgIpc) is 2.61. The molecule has 1 aromatic heterocycles. The fourth-order valence-corrected chi connectivity index (χ4v) is 2.16. The van der Waals surface area contributed by atoms with Crippen LogP contribution in [0.4, 0.5) is 0 Å². The Morgan fingerprint density at radius 1 is 1.40 bits per heavy atom. The topological polar surface area (TPSA) is 42.9 Å². The predicted octanol–water partition coefficient (Wildman–Crippen LogP) is 3.21. The normalized spacial score (nSPS) is 11.7. The second-order valence-electron chi connectivity index (χ2n) is 4.73. The molecule has 0 aliphatic heterocycles. The summed E-state index contributed by atoms with van der Waals surface area (Å²) in [6.07, 6.45) is 2.60. The van der Waals surface area contributed by atoms with E-state index in [2.05, 4.69) is 37.3 Å². The van der Waals surface area contributed by atoms with Crippen molar-refractivity contribution in [3.8, 4) is 0 Å². The minimum Gasteiger partial charge on any atom is -0.293 e. The molecule has 0 amide bonds. The van der Waals surface area contributed by atoms with E-state index in [9.17, 15) is 4.79 Å². The first kappa shape index (κ1) is 12.3. The van der Waals surface area contributed by atoms with Crippen LogP contribution in [0.2, 0.25) is 0 Å². The van der Waals surface area contributed by atoms with Crippen molar-refractivity contribution < 1.29 is 4.79 Å². The highest BCUT2D eigenvalue weighted by molar-refractivity contribution is 7.08. The number of unbranched alkanes of at least 4 members (excludes halogenated alkanes) is 1. The molecule has 3 nitrogen and oxygen atoms in total. The Bertz CT molecular complexity index is 339. The summed E-state index contributed by atoms with van der Waals surface area (Å²) >= 11 is 1.22. The first-order valence-corrected chi connectivity index (χ1v) is 6.10. The van der Waals surface area contributed by atoms with Gasteiger partial charge in [0.2, 0.25) is 0 Å². The number of aromatic nitrogens is 2. The van der Waals surface area contributed by atoms with Gasteiger partial charge in [0, 0.05) is 11.8 Å². The molecule has 0 bridgehead atoms. The van der Waals surface area contributed by atoms with Gasteiger partial charge < -0.3 is 0 Å². The van der Waals surface area contributed by atoms with Crippen molar-refractivity contribution in [2.75, 3.05) is 0 Å². The van der Waals surface area contributed by atoms with Gasteiger partial charge in [-0.15, -0.1) is 5.10 Å². The molecule has 1 heterocycles. The largest absolute Gasteiger partial charge is 0.293 e. The van der Waals surface area contributed by atoms with E-state index >= 15 is 0 Å². The molecule has 0 aliphatic carbocycles. The van der Waals surface area contributed by atoms with E-state index in [0.29, 0.717) is 6.42 Å². The quantitative estimate of drug-likeness (QED) is 0.740. The van der Waals surface area contributed by atoms with Crippen molar-refractivity contribution in [1.29, 1.82) is 0 Å².